The van der Waals surface area contributed by atoms with Gasteiger partial charge < -0.3 is 9.67 Å². The maximum absolute atomic E-state index is 13.5. The van der Waals surface area contributed by atoms with E-state index in [9.17, 15) is 14.3 Å². The van der Waals surface area contributed by atoms with Crippen molar-refractivity contribution in [2.45, 2.75) is 19.6 Å². The molecular formula is C14H14FNO2. The lowest BCUT2D eigenvalue weighted by molar-refractivity contribution is 0.150. The van der Waals surface area contributed by atoms with Crippen LogP contribution in [0.1, 0.15) is 17.2 Å². The van der Waals surface area contributed by atoms with Crippen molar-refractivity contribution in [2.75, 3.05) is 0 Å². The molecule has 18 heavy (non-hydrogen) atoms. The number of halogens is 1. The third-order valence-corrected chi connectivity index (χ3v) is 2.79. The topological polar surface area (TPSA) is 42.2 Å². The van der Waals surface area contributed by atoms with Gasteiger partial charge in [0.25, 0.3) is 5.56 Å². The normalized spacial score (nSPS) is 12.4. The Labute approximate surface area is 104 Å². The van der Waals surface area contributed by atoms with Crippen LogP contribution in [0.3, 0.4) is 0 Å². The largest absolute Gasteiger partial charge is 0.386 e. The molecule has 1 aromatic heterocycles. The number of aromatic nitrogens is 1. The monoisotopic (exact) mass is 247 g/mol. The summed E-state index contributed by atoms with van der Waals surface area (Å²) in [7, 11) is 0. The summed E-state index contributed by atoms with van der Waals surface area (Å²) in [5.41, 5.74) is 0.854. The van der Waals surface area contributed by atoms with Gasteiger partial charge in [0, 0.05) is 17.8 Å². The lowest BCUT2D eigenvalue weighted by Gasteiger charge is -2.13. The first-order chi connectivity index (χ1) is 8.58. The van der Waals surface area contributed by atoms with Gasteiger partial charge in [-0.1, -0.05) is 18.2 Å². The molecule has 0 aliphatic heterocycles. The number of hydrogen-bond donors (Lipinski definition) is 1. The van der Waals surface area contributed by atoms with Gasteiger partial charge in [-0.15, -0.1) is 0 Å². The van der Waals surface area contributed by atoms with E-state index >= 15 is 0 Å². The summed E-state index contributed by atoms with van der Waals surface area (Å²) >= 11 is 0. The smallest absolute Gasteiger partial charge is 0.250 e. The highest BCUT2D eigenvalue weighted by atomic mass is 19.1. The summed E-state index contributed by atoms with van der Waals surface area (Å²) in [4.78, 5) is 11.6. The van der Waals surface area contributed by atoms with E-state index in [1.54, 1.807) is 24.4 Å². The Kier molecular flexibility index (Phi) is 3.58. The SMILES string of the molecule is Cc1ccn(CC(O)c2ccccc2F)c(=O)c1. The Bertz CT molecular complexity index is 607. The fourth-order valence-corrected chi connectivity index (χ4v) is 1.79. The Morgan fingerprint density at radius 3 is 2.72 bits per heavy atom. The Balaban J connectivity index is 2.24. The lowest BCUT2D eigenvalue weighted by atomic mass is 10.1. The summed E-state index contributed by atoms with van der Waals surface area (Å²) in [6, 6.07) is 9.27. The first-order valence-electron chi connectivity index (χ1n) is 5.67. The molecule has 0 amide bonds. The third kappa shape index (κ3) is 2.65. The molecule has 0 spiro atoms. The number of aliphatic hydroxyl groups is 1. The van der Waals surface area contributed by atoms with Gasteiger partial charge in [-0.2, -0.15) is 0 Å². The van der Waals surface area contributed by atoms with Crippen molar-refractivity contribution in [3.05, 3.63) is 69.9 Å². The summed E-state index contributed by atoms with van der Waals surface area (Å²) in [6.07, 6.45) is 0.563. The molecule has 0 radical (unpaired) electrons. The van der Waals surface area contributed by atoms with E-state index in [2.05, 4.69) is 0 Å². The maximum atomic E-state index is 13.5. The molecule has 1 atom stereocenters. The standard InChI is InChI=1S/C14H14FNO2/c1-10-6-7-16(14(18)8-10)9-13(17)11-4-2-3-5-12(11)15/h2-8,13,17H,9H2,1H3. The van der Waals surface area contributed by atoms with Crippen LogP contribution in [0.15, 0.2) is 47.4 Å². The van der Waals surface area contributed by atoms with Gasteiger partial charge in [-0.25, -0.2) is 4.39 Å². The van der Waals surface area contributed by atoms with Crippen LogP contribution in [0, 0.1) is 12.7 Å². The van der Waals surface area contributed by atoms with Crippen molar-refractivity contribution in [2.24, 2.45) is 0 Å². The maximum Gasteiger partial charge on any atom is 0.250 e. The van der Waals surface area contributed by atoms with Gasteiger partial charge >= 0.3 is 0 Å². The van der Waals surface area contributed by atoms with Gasteiger partial charge in [0.15, 0.2) is 0 Å². The van der Waals surface area contributed by atoms with Crippen LogP contribution in [-0.4, -0.2) is 9.67 Å². The van der Waals surface area contributed by atoms with Crippen LogP contribution in [0.4, 0.5) is 4.39 Å². The van der Waals surface area contributed by atoms with E-state index < -0.39 is 11.9 Å². The minimum Gasteiger partial charge on any atom is -0.386 e. The number of aryl methyl sites for hydroxylation is 1. The molecule has 0 fully saturated rings. The van der Waals surface area contributed by atoms with E-state index in [4.69, 9.17) is 0 Å². The highest BCUT2D eigenvalue weighted by molar-refractivity contribution is 5.20. The van der Waals surface area contributed by atoms with Gasteiger partial charge in [-0.05, 0) is 24.6 Å². The number of rotatable bonds is 3. The molecule has 0 saturated carbocycles. The number of nitrogens with zero attached hydrogens (tertiary/aromatic N) is 1. The van der Waals surface area contributed by atoms with Crippen LogP contribution >= 0.6 is 0 Å². The summed E-state index contributed by atoms with van der Waals surface area (Å²) in [6.45, 7) is 1.86. The van der Waals surface area contributed by atoms with E-state index in [1.165, 1.54) is 22.8 Å². The second-order valence-electron chi connectivity index (χ2n) is 4.23. The second-order valence-corrected chi connectivity index (χ2v) is 4.23. The molecule has 0 aliphatic rings. The highest BCUT2D eigenvalue weighted by Crippen LogP contribution is 2.17. The minimum atomic E-state index is -1.04. The quantitative estimate of drug-likeness (QED) is 0.901. The molecule has 4 heteroatoms. The summed E-state index contributed by atoms with van der Waals surface area (Å²) in [5, 5.41) is 9.95. The minimum absolute atomic E-state index is 0.0417. The molecule has 0 bridgehead atoms. The molecule has 1 N–H and O–H groups in total. The zero-order valence-electron chi connectivity index (χ0n) is 10.0. The first-order valence-corrected chi connectivity index (χ1v) is 5.67. The number of hydrogen-bond acceptors (Lipinski definition) is 2. The molecule has 0 aliphatic carbocycles. The van der Waals surface area contributed by atoms with Crippen LogP contribution in [0.25, 0.3) is 0 Å². The van der Waals surface area contributed by atoms with Gasteiger partial charge in [0.05, 0.1) is 12.6 Å². The van der Waals surface area contributed by atoms with E-state index in [1.807, 2.05) is 6.92 Å². The fraction of sp³-hybridized carbons (Fsp3) is 0.214. The van der Waals surface area contributed by atoms with Crippen molar-refractivity contribution in [3.63, 3.8) is 0 Å². The predicted molar refractivity (Wildman–Crippen MR) is 66.8 cm³/mol. The molecule has 1 unspecified atom stereocenters. The van der Waals surface area contributed by atoms with Gasteiger partial charge in [0.1, 0.15) is 5.82 Å². The number of aliphatic hydroxyl groups excluding tert-OH is 1. The average Bonchev–Trinajstić information content (AvgIpc) is 2.33. The van der Waals surface area contributed by atoms with Crippen molar-refractivity contribution in [1.82, 2.24) is 4.57 Å². The molecule has 3 nitrogen and oxygen atoms in total. The summed E-state index contributed by atoms with van der Waals surface area (Å²) in [5.74, 6) is -0.467. The van der Waals surface area contributed by atoms with E-state index in [0.29, 0.717) is 0 Å². The van der Waals surface area contributed by atoms with E-state index in [0.717, 1.165) is 5.56 Å². The Hall–Kier alpha value is -1.94. The summed E-state index contributed by atoms with van der Waals surface area (Å²) < 4.78 is 14.8. The number of benzene rings is 1. The highest BCUT2D eigenvalue weighted by Gasteiger charge is 2.13. The molecule has 0 saturated heterocycles. The van der Waals surface area contributed by atoms with Crippen LogP contribution in [-0.2, 0) is 6.54 Å². The van der Waals surface area contributed by atoms with Gasteiger partial charge in [-0.3, -0.25) is 4.79 Å². The van der Waals surface area contributed by atoms with Crippen molar-refractivity contribution in [1.29, 1.82) is 0 Å². The van der Waals surface area contributed by atoms with Crippen molar-refractivity contribution >= 4 is 0 Å². The molecule has 1 heterocycles. The van der Waals surface area contributed by atoms with Crippen LogP contribution < -0.4 is 5.56 Å². The van der Waals surface area contributed by atoms with Crippen LogP contribution in [0.5, 0.6) is 0 Å². The molecule has 94 valence electrons. The van der Waals surface area contributed by atoms with E-state index in [-0.39, 0.29) is 17.7 Å². The molecular weight excluding hydrogens is 233 g/mol. The third-order valence-electron chi connectivity index (χ3n) is 2.79. The van der Waals surface area contributed by atoms with Crippen LogP contribution in [0.2, 0.25) is 0 Å². The number of pyridine rings is 1. The Morgan fingerprint density at radius 1 is 1.33 bits per heavy atom. The zero-order chi connectivity index (χ0) is 13.1. The fourth-order valence-electron chi connectivity index (χ4n) is 1.79. The van der Waals surface area contributed by atoms with Crippen molar-refractivity contribution in [3.8, 4) is 0 Å². The molecule has 2 aromatic rings. The second kappa shape index (κ2) is 5.14. The predicted octanol–water partition coefficient (Wildman–Crippen LogP) is 2.03. The first kappa shape index (κ1) is 12.5. The lowest BCUT2D eigenvalue weighted by Crippen LogP contribution is -2.22. The van der Waals surface area contributed by atoms with Crippen molar-refractivity contribution < 1.29 is 9.50 Å². The Morgan fingerprint density at radius 2 is 2.06 bits per heavy atom. The molecule has 2 rings (SSSR count). The zero-order valence-corrected chi connectivity index (χ0v) is 10.0. The molecule has 1 aromatic carbocycles. The van der Waals surface area contributed by atoms with Gasteiger partial charge in [0.2, 0.25) is 0 Å². The average molecular weight is 247 g/mol.